The van der Waals surface area contributed by atoms with Gasteiger partial charge < -0.3 is 18.8 Å². The smallest absolute Gasteiger partial charge is 0.254 e. The van der Waals surface area contributed by atoms with Crippen molar-refractivity contribution in [2.24, 2.45) is 30.7 Å². The fourth-order valence-electron chi connectivity index (χ4n) is 7.33. The first-order valence-electron chi connectivity index (χ1n) is 13.3. The van der Waals surface area contributed by atoms with Crippen molar-refractivity contribution in [2.75, 3.05) is 13.7 Å². The molecule has 0 bridgehead atoms. The van der Waals surface area contributed by atoms with Crippen molar-refractivity contribution in [3.05, 3.63) is 41.6 Å². The summed E-state index contributed by atoms with van der Waals surface area (Å²) in [5.74, 6) is 4.76. The largest absolute Gasteiger partial charge is 0.494 e. The molecule has 8 rings (SSSR count). The number of aryl methyl sites for hydroxylation is 2. The third kappa shape index (κ3) is 2.77. The molecule has 0 radical (unpaired) electrons. The quantitative estimate of drug-likeness (QED) is 0.411. The molecule has 3 aromatic heterocycles. The van der Waals surface area contributed by atoms with Crippen LogP contribution in [0.4, 0.5) is 0 Å². The predicted octanol–water partition coefficient (Wildman–Crippen LogP) is 4.80. The minimum atomic E-state index is 0.128. The summed E-state index contributed by atoms with van der Waals surface area (Å²) in [6.45, 7) is 3.91. The van der Waals surface area contributed by atoms with Gasteiger partial charge in [0, 0.05) is 42.8 Å². The number of imidazole rings is 1. The van der Waals surface area contributed by atoms with Crippen LogP contribution in [0.15, 0.2) is 30.3 Å². The van der Waals surface area contributed by atoms with E-state index in [0.717, 1.165) is 70.1 Å². The molecule has 1 aliphatic heterocycles. The van der Waals surface area contributed by atoms with E-state index in [4.69, 9.17) is 14.7 Å². The number of rotatable bonds is 5. The molecule has 7 heteroatoms. The van der Waals surface area contributed by atoms with Crippen molar-refractivity contribution < 1.29 is 9.53 Å². The second-order valence-electron chi connectivity index (χ2n) is 11.6. The second-order valence-corrected chi connectivity index (χ2v) is 11.6. The molecule has 7 nitrogen and oxygen atoms in total. The molecule has 1 saturated heterocycles. The fourth-order valence-corrected chi connectivity index (χ4v) is 7.33. The van der Waals surface area contributed by atoms with E-state index in [1.807, 2.05) is 26.1 Å². The van der Waals surface area contributed by atoms with Gasteiger partial charge in [0.25, 0.3) is 5.91 Å². The first-order valence-corrected chi connectivity index (χ1v) is 13.3. The van der Waals surface area contributed by atoms with Gasteiger partial charge in [-0.2, -0.15) is 0 Å². The van der Waals surface area contributed by atoms with E-state index in [1.165, 1.54) is 25.7 Å². The number of aromatic nitrogens is 4. The lowest BCUT2D eigenvalue weighted by atomic mass is 9.53. The number of methoxy groups -OCH3 is 1. The lowest BCUT2D eigenvalue weighted by Gasteiger charge is -2.52. The molecule has 184 valence electrons. The molecule has 1 amide bonds. The first-order chi connectivity index (χ1) is 17.5. The molecule has 4 heterocycles. The van der Waals surface area contributed by atoms with E-state index in [9.17, 15) is 4.79 Å². The second kappa shape index (κ2) is 7.11. The lowest BCUT2D eigenvalue weighted by molar-refractivity contribution is -0.0204. The zero-order valence-corrected chi connectivity index (χ0v) is 21.1. The number of fused-ring (bicyclic) bond motifs is 2. The van der Waals surface area contributed by atoms with E-state index >= 15 is 0 Å². The molecule has 0 N–H and O–H groups in total. The monoisotopic (exact) mass is 481 g/mol. The van der Waals surface area contributed by atoms with Crippen molar-refractivity contribution in [1.82, 2.24) is 24.0 Å². The number of benzene rings is 1. The summed E-state index contributed by atoms with van der Waals surface area (Å²) >= 11 is 0. The topological polar surface area (TPSA) is 65.2 Å². The third-order valence-corrected chi connectivity index (χ3v) is 9.43. The Morgan fingerprint density at radius 2 is 1.97 bits per heavy atom. The number of amides is 1. The Bertz CT molecular complexity index is 1580. The average molecular weight is 482 g/mol. The summed E-state index contributed by atoms with van der Waals surface area (Å²) in [5.41, 5.74) is 5.52. The number of hydrogen-bond donors (Lipinski definition) is 0. The minimum Gasteiger partial charge on any atom is -0.494 e. The Labute approximate surface area is 210 Å². The van der Waals surface area contributed by atoms with E-state index in [0.29, 0.717) is 23.3 Å². The Hall–Kier alpha value is -3.35. The number of hydrogen-bond acceptors (Lipinski definition) is 4. The van der Waals surface area contributed by atoms with Crippen LogP contribution in [0.3, 0.4) is 0 Å². The summed E-state index contributed by atoms with van der Waals surface area (Å²) < 4.78 is 10.3. The highest BCUT2D eigenvalue weighted by Gasteiger charge is 2.61. The van der Waals surface area contributed by atoms with Crippen LogP contribution >= 0.6 is 0 Å². The number of ether oxygens (including phenoxy) is 1. The molecule has 0 spiro atoms. The van der Waals surface area contributed by atoms with Crippen LogP contribution in [0, 0.1) is 30.6 Å². The summed E-state index contributed by atoms with van der Waals surface area (Å²) in [7, 11) is 3.72. The molecular formula is C29H31N5O2. The van der Waals surface area contributed by atoms with Crippen LogP contribution in [0.1, 0.15) is 41.7 Å². The predicted molar refractivity (Wildman–Crippen MR) is 138 cm³/mol. The van der Waals surface area contributed by atoms with Crippen molar-refractivity contribution in [1.29, 1.82) is 0 Å². The number of carbonyl (C=O) groups excluding carboxylic acids is 1. The summed E-state index contributed by atoms with van der Waals surface area (Å²) in [5, 5.41) is 1.13. The SMILES string of the molecule is COc1cc(C(=O)N2CC3CC4CC2C43)cc2nc(-c3cc4ccc(C)nc4n3CC3CC3)n(C)c12. The van der Waals surface area contributed by atoms with Gasteiger partial charge in [-0.1, -0.05) is 0 Å². The van der Waals surface area contributed by atoms with Gasteiger partial charge in [-0.3, -0.25) is 4.79 Å². The van der Waals surface area contributed by atoms with E-state index in [1.54, 1.807) is 7.11 Å². The van der Waals surface area contributed by atoms with Gasteiger partial charge in [0.15, 0.2) is 5.82 Å². The highest BCUT2D eigenvalue weighted by Crippen LogP contribution is 2.60. The molecule has 4 fully saturated rings. The molecular weight excluding hydrogens is 450 g/mol. The van der Waals surface area contributed by atoms with Crippen LogP contribution in [-0.2, 0) is 13.6 Å². The van der Waals surface area contributed by atoms with Crippen LogP contribution in [0.2, 0.25) is 0 Å². The number of likely N-dealkylation sites (tertiary alicyclic amines) is 1. The molecule has 4 aromatic rings. The molecule has 1 aromatic carbocycles. The Kier molecular flexibility index (Phi) is 4.11. The maximum absolute atomic E-state index is 13.6. The van der Waals surface area contributed by atoms with E-state index in [-0.39, 0.29) is 5.91 Å². The van der Waals surface area contributed by atoms with Gasteiger partial charge in [0.2, 0.25) is 0 Å². The number of carbonyl (C=O) groups is 1. The zero-order chi connectivity index (χ0) is 24.3. The molecule has 36 heavy (non-hydrogen) atoms. The Morgan fingerprint density at radius 3 is 2.72 bits per heavy atom. The highest BCUT2D eigenvalue weighted by atomic mass is 16.5. The van der Waals surface area contributed by atoms with Crippen LogP contribution in [0.5, 0.6) is 5.75 Å². The van der Waals surface area contributed by atoms with Crippen molar-refractivity contribution in [3.8, 4) is 17.3 Å². The summed E-state index contributed by atoms with van der Waals surface area (Å²) in [6, 6.07) is 10.7. The average Bonchev–Trinajstić information content (AvgIpc) is 3.53. The van der Waals surface area contributed by atoms with Gasteiger partial charge in [0.1, 0.15) is 16.9 Å². The van der Waals surface area contributed by atoms with Crippen LogP contribution in [-0.4, -0.2) is 49.6 Å². The van der Waals surface area contributed by atoms with Gasteiger partial charge >= 0.3 is 0 Å². The van der Waals surface area contributed by atoms with E-state index < -0.39 is 0 Å². The highest BCUT2D eigenvalue weighted by molar-refractivity contribution is 6.00. The Balaban J connectivity index is 1.25. The molecule has 4 unspecified atom stereocenters. The van der Waals surface area contributed by atoms with Crippen LogP contribution < -0.4 is 4.74 Å². The minimum absolute atomic E-state index is 0.128. The summed E-state index contributed by atoms with van der Waals surface area (Å²) in [4.78, 5) is 25.7. The van der Waals surface area contributed by atoms with Crippen LogP contribution in [0.25, 0.3) is 33.6 Å². The van der Waals surface area contributed by atoms with Gasteiger partial charge in [-0.15, -0.1) is 0 Å². The fraction of sp³-hybridized carbons (Fsp3) is 0.483. The number of pyridine rings is 1. The molecule has 3 aliphatic carbocycles. The molecule has 4 aliphatic rings. The zero-order valence-electron chi connectivity index (χ0n) is 21.1. The van der Waals surface area contributed by atoms with Crippen molar-refractivity contribution in [3.63, 3.8) is 0 Å². The van der Waals surface area contributed by atoms with E-state index in [2.05, 4.69) is 32.2 Å². The normalized spacial score (nSPS) is 26.2. The van der Waals surface area contributed by atoms with Gasteiger partial charge in [0.05, 0.1) is 18.3 Å². The first kappa shape index (κ1) is 20.8. The summed E-state index contributed by atoms with van der Waals surface area (Å²) in [6.07, 6.45) is 5.03. The van der Waals surface area contributed by atoms with Crippen molar-refractivity contribution in [2.45, 2.75) is 45.2 Å². The van der Waals surface area contributed by atoms with Gasteiger partial charge in [-0.25, -0.2) is 9.97 Å². The van der Waals surface area contributed by atoms with Crippen molar-refractivity contribution >= 4 is 28.0 Å². The lowest BCUT2D eigenvalue weighted by Crippen LogP contribution is -2.53. The molecule has 4 atom stereocenters. The Morgan fingerprint density at radius 1 is 1.11 bits per heavy atom. The maximum atomic E-state index is 13.6. The molecule has 3 saturated carbocycles. The maximum Gasteiger partial charge on any atom is 0.254 e. The third-order valence-electron chi connectivity index (χ3n) is 9.43. The number of nitrogens with zero attached hydrogens (tertiary/aromatic N) is 5. The van der Waals surface area contributed by atoms with Gasteiger partial charge in [-0.05, 0) is 86.6 Å². The standard InChI is InChI=1S/C29H31N5O2/c1-15-4-7-17-10-23(33(27(17)30-15)13-16-5-6-16)28-31-21-9-19(12-24(36-3)26(21)32(28)2)29(35)34-14-20-8-18-11-22(34)25(18)20/h4,7,9-10,12,16,18,20,22,25H,5-6,8,11,13-14H2,1-3H3.